The Morgan fingerprint density at radius 1 is 1.00 bits per heavy atom. The van der Waals surface area contributed by atoms with Crippen LogP contribution in [0.5, 0.6) is 0 Å². The van der Waals surface area contributed by atoms with Crippen molar-refractivity contribution < 1.29 is 14.0 Å². The fourth-order valence-electron chi connectivity index (χ4n) is 4.56. The molecule has 0 bridgehead atoms. The van der Waals surface area contributed by atoms with Crippen molar-refractivity contribution in [3.05, 3.63) is 124 Å². The van der Waals surface area contributed by atoms with E-state index in [4.69, 9.17) is 11.6 Å². The monoisotopic (exact) mass is 611 g/mol. The van der Waals surface area contributed by atoms with Crippen LogP contribution >= 0.6 is 22.9 Å². The standard InChI is InChI=1S/C31H23ClFN7O2S/c32-23-11-9-21(10-12-23)30-36-38-39(37-30)19-28(41)40(25-16-22-4-1-2-5-26(22)34-18-25)29(27-6-3-15-43-27)31(42)35-17-20-7-13-24(33)14-8-20/h1-16,18,29H,17,19H2,(H,35,42)/t29-/m1/s1. The highest BCUT2D eigenvalue weighted by Crippen LogP contribution is 2.32. The molecule has 214 valence electrons. The number of pyridine rings is 1. The second-order valence-electron chi connectivity index (χ2n) is 9.56. The van der Waals surface area contributed by atoms with E-state index >= 15 is 0 Å². The Kier molecular flexibility index (Phi) is 8.16. The van der Waals surface area contributed by atoms with Gasteiger partial charge in [-0.2, -0.15) is 4.80 Å². The average molecular weight is 612 g/mol. The molecule has 2 amide bonds. The normalized spacial score (nSPS) is 11.8. The van der Waals surface area contributed by atoms with E-state index < -0.39 is 17.9 Å². The van der Waals surface area contributed by atoms with Gasteiger partial charge >= 0.3 is 0 Å². The maximum atomic E-state index is 14.1. The van der Waals surface area contributed by atoms with Gasteiger partial charge in [-0.3, -0.25) is 19.5 Å². The zero-order chi connectivity index (χ0) is 29.8. The highest BCUT2D eigenvalue weighted by molar-refractivity contribution is 7.10. The minimum atomic E-state index is -1.03. The molecule has 0 aliphatic rings. The maximum absolute atomic E-state index is 14.1. The van der Waals surface area contributed by atoms with Gasteiger partial charge in [-0.25, -0.2) is 4.39 Å². The van der Waals surface area contributed by atoms with Gasteiger partial charge in [0.25, 0.3) is 5.91 Å². The molecule has 1 atom stereocenters. The van der Waals surface area contributed by atoms with Gasteiger partial charge in [-0.1, -0.05) is 48.0 Å². The molecule has 3 aromatic heterocycles. The number of fused-ring (bicyclic) bond motifs is 1. The number of hydrogen-bond donors (Lipinski definition) is 1. The van der Waals surface area contributed by atoms with E-state index in [0.29, 0.717) is 32.5 Å². The number of carbonyl (C=O) groups excluding carboxylic acids is 2. The number of para-hydroxylation sites is 1. The van der Waals surface area contributed by atoms with Crippen LogP contribution in [0, 0.1) is 5.82 Å². The number of nitrogens with zero attached hydrogens (tertiary/aromatic N) is 6. The fraction of sp³-hybridized carbons (Fsp3) is 0.0968. The maximum Gasteiger partial charge on any atom is 0.251 e. The number of rotatable bonds is 9. The predicted molar refractivity (Wildman–Crippen MR) is 163 cm³/mol. The van der Waals surface area contributed by atoms with Gasteiger partial charge in [0.15, 0.2) is 0 Å². The first-order valence-electron chi connectivity index (χ1n) is 13.2. The molecular weight excluding hydrogens is 589 g/mol. The van der Waals surface area contributed by atoms with E-state index in [-0.39, 0.29) is 18.9 Å². The zero-order valence-corrected chi connectivity index (χ0v) is 24.0. The van der Waals surface area contributed by atoms with Crippen LogP contribution < -0.4 is 10.2 Å². The summed E-state index contributed by atoms with van der Waals surface area (Å²) in [5, 5.41) is 18.7. The number of benzene rings is 3. The van der Waals surface area contributed by atoms with Crippen molar-refractivity contribution in [2.75, 3.05) is 4.90 Å². The highest BCUT2D eigenvalue weighted by atomic mass is 35.5. The molecule has 3 heterocycles. The Morgan fingerprint density at radius 3 is 2.56 bits per heavy atom. The smallest absolute Gasteiger partial charge is 0.251 e. The van der Waals surface area contributed by atoms with Crippen LogP contribution in [0.25, 0.3) is 22.3 Å². The largest absolute Gasteiger partial charge is 0.350 e. The number of aromatic nitrogens is 5. The lowest BCUT2D eigenvalue weighted by Crippen LogP contribution is -2.45. The molecule has 9 nitrogen and oxygen atoms in total. The first kappa shape index (κ1) is 28.1. The van der Waals surface area contributed by atoms with Crippen molar-refractivity contribution in [1.29, 1.82) is 0 Å². The van der Waals surface area contributed by atoms with Gasteiger partial charge < -0.3 is 5.32 Å². The summed E-state index contributed by atoms with van der Waals surface area (Å²) < 4.78 is 13.4. The molecule has 0 aliphatic heterocycles. The van der Waals surface area contributed by atoms with Crippen LogP contribution in [0.4, 0.5) is 10.1 Å². The molecule has 0 radical (unpaired) electrons. The summed E-state index contributed by atoms with van der Waals surface area (Å²) in [6.45, 7) is -0.144. The molecule has 6 aromatic rings. The van der Waals surface area contributed by atoms with Crippen LogP contribution in [-0.2, 0) is 22.7 Å². The summed E-state index contributed by atoms with van der Waals surface area (Å²) in [6, 6.07) is 24.7. The first-order chi connectivity index (χ1) is 20.9. The summed E-state index contributed by atoms with van der Waals surface area (Å²) in [5.41, 5.74) is 2.58. The lowest BCUT2D eigenvalue weighted by atomic mass is 10.1. The van der Waals surface area contributed by atoms with Crippen molar-refractivity contribution in [1.82, 2.24) is 30.5 Å². The van der Waals surface area contributed by atoms with Gasteiger partial charge in [0, 0.05) is 27.4 Å². The quantitative estimate of drug-likeness (QED) is 0.220. The zero-order valence-electron chi connectivity index (χ0n) is 22.5. The number of hydrogen-bond acceptors (Lipinski definition) is 7. The van der Waals surface area contributed by atoms with Gasteiger partial charge in [-0.15, -0.1) is 21.5 Å². The third kappa shape index (κ3) is 6.42. The lowest BCUT2D eigenvalue weighted by Gasteiger charge is -2.30. The van der Waals surface area contributed by atoms with E-state index in [2.05, 4.69) is 25.7 Å². The molecule has 3 aromatic carbocycles. The molecule has 0 spiro atoms. The van der Waals surface area contributed by atoms with Crippen molar-refractivity contribution in [2.45, 2.75) is 19.1 Å². The number of tetrazole rings is 1. The van der Waals surface area contributed by atoms with Crippen molar-refractivity contribution in [3.8, 4) is 11.4 Å². The molecule has 0 saturated carbocycles. The number of amides is 2. The third-order valence-corrected chi connectivity index (χ3v) is 7.83. The molecule has 43 heavy (non-hydrogen) atoms. The van der Waals surface area contributed by atoms with Crippen LogP contribution in [0.2, 0.25) is 5.02 Å². The summed E-state index contributed by atoms with van der Waals surface area (Å²) >= 11 is 7.35. The van der Waals surface area contributed by atoms with E-state index in [1.165, 1.54) is 33.2 Å². The second-order valence-corrected chi connectivity index (χ2v) is 11.0. The van der Waals surface area contributed by atoms with Crippen molar-refractivity contribution >= 4 is 51.3 Å². The number of anilines is 1. The third-order valence-electron chi connectivity index (χ3n) is 6.65. The van der Waals surface area contributed by atoms with Crippen molar-refractivity contribution in [2.24, 2.45) is 0 Å². The topological polar surface area (TPSA) is 106 Å². The van der Waals surface area contributed by atoms with E-state index in [0.717, 1.165) is 10.9 Å². The molecule has 0 fully saturated rings. The Labute approximate surface area is 254 Å². The SMILES string of the molecule is O=C(NCc1ccc(F)cc1)[C@@H](c1cccs1)N(C(=O)Cn1nnc(-c2ccc(Cl)cc2)n1)c1cnc2ccccc2c1. The fourth-order valence-corrected chi connectivity index (χ4v) is 5.50. The molecule has 1 N–H and O–H groups in total. The van der Waals surface area contributed by atoms with E-state index in [1.807, 2.05) is 41.8 Å². The van der Waals surface area contributed by atoms with Gasteiger partial charge in [0.05, 0.1) is 17.4 Å². The van der Waals surface area contributed by atoms with Gasteiger partial charge in [0.1, 0.15) is 18.4 Å². The number of nitrogens with one attached hydrogen (secondary N) is 1. The lowest BCUT2D eigenvalue weighted by molar-refractivity contribution is -0.127. The molecule has 0 aliphatic carbocycles. The van der Waals surface area contributed by atoms with Gasteiger partial charge in [-0.05, 0) is 70.8 Å². The Balaban J connectivity index is 1.35. The van der Waals surface area contributed by atoms with Gasteiger partial charge in [0.2, 0.25) is 11.7 Å². The number of thiophene rings is 1. The second kappa shape index (κ2) is 12.5. The summed E-state index contributed by atoms with van der Waals surface area (Å²) in [4.78, 5) is 35.8. The van der Waals surface area contributed by atoms with E-state index in [1.54, 1.807) is 48.7 Å². The molecular formula is C31H23ClFN7O2S. The van der Waals surface area contributed by atoms with Crippen LogP contribution in [0.1, 0.15) is 16.5 Å². The van der Waals surface area contributed by atoms with E-state index in [9.17, 15) is 14.0 Å². The Morgan fingerprint density at radius 2 is 1.79 bits per heavy atom. The molecule has 0 unspecified atom stereocenters. The predicted octanol–water partition coefficient (Wildman–Crippen LogP) is 5.83. The summed E-state index contributed by atoms with van der Waals surface area (Å²) in [5.74, 6) is -0.905. The average Bonchev–Trinajstić information content (AvgIpc) is 3.72. The minimum Gasteiger partial charge on any atom is -0.350 e. The first-order valence-corrected chi connectivity index (χ1v) is 14.5. The molecule has 12 heteroatoms. The Hall–Kier alpha value is -5.00. The minimum absolute atomic E-state index is 0.147. The molecule has 6 rings (SSSR count). The summed E-state index contributed by atoms with van der Waals surface area (Å²) in [6.07, 6.45) is 1.57. The number of carbonyl (C=O) groups is 2. The summed E-state index contributed by atoms with van der Waals surface area (Å²) in [7, 11) is 0. The molecule has 0 saturated heterocycles. The van der Waals surface area contributed by atoms with Crippen LogP contribution in [0.3, 0.4) is 0 Å². The van der Waals surface area contributed by atoms with Crippen molar-refractivity contribution in [3.63, 3.8) is 0 Å². The Bertz CT molecular complexity index is 1880. The van der Waals surface area contributed by atoms with Crippen LogP contribution in [-0.4, -0.2) is 37.0 Å². The number of halogens is 2. The van der Waals surface area contributed by atoms with Crippen LogP contribution in [0.15, 0.2) is 103 Å². The highest BCUT2D eigenvalue weighted by Gasteiger charge is 2.34.